The van der Waals surface area contributed by atoms with Crippen molar-refractivity contribution in [2.45, 2.75) is 0 Å². The molecule has 2 heteroatoms. The number of phenols is 2. The number of benzene rings is 3. The van der Waals surface area contributed by atoms with Crippen molar-refractivity contribution in [3.63, 3.8) is 0 Å². The number of hydrogen-bond donors (Lipinski definition) is 2. The van der Waals surface area contributed by atoms with Crippen LogP contribution in [0.5, 0.6) is 11.5 Å². The molecule has 0 fully saturated rings. The van der Waals surface area contributed by atoms with Gasteiger partial charge in [-0.05, 0) is 28.8 Å². The third-order valence-electron chi connectivity index (χ3n) is 3.28. The van der Waals surface area contributed by atoms with Gasteiger partial charge in [-0.3, -0.25) is 0 Å². The van der Waals surface area contributed by atoms with Crippen LogP contribution in [-0.2, 0) is 0 Å². The summed E-state index contributed by atoms with van der Waals surface area (Å²) >= 11 is 0. The molecule has 98 valence electrons. The summed E-state index contributed by atoms with van der Waals surface area (Å²) in [6, 6.07) is 22.7. The molecule has 0 unspecified atom stereocenters. The highest BCUT2D eigenvalue weighted by Crippen LogP contribution is 2.33. The van der Waals surface area contributed by atoms with Crippen molar-refractivity contribution in [1.82, 2.24) is 0 Å². The van der Waals surface area contributed by atoms with E-state index in [0.717, 1.165) is 16.7 Å². The molecule has 0 atom stereocenters. The molecule has 3 aromatic carbocycles. The minimum absolute atomic E-state index is 0.0622. The van der Waals surface area contributed by atoms with Gasteiger partial charge in [0.2, 0.25) is 0 Å². The van der Waals surface area contributed by atoms with Crippen LogP contribution in [0.4, 0.5) is 0 Å². The first-order valence-electron chi connectivity index (χ1n) is 6.42. The van der Waals surface area contributed by atoms with Gasteiger partial charge in [0.15, 0.2) is 0 Å². The summed E-state index contributed by atoms with van der Waals surface area (Å²) in [5.41, 5.74) is 3.92. The normalized spacial score (nSPS) is 10.4. The van der Waals surface area contributed by atoms with Crippen molar-refractivity contribution in [2.24, 2.45) is 0 Å². The topological polar surface area (TPSA) is 40.5 Å². The van der Waals surface area contributed by atoms with Crippen LogP contribution < -0.4 is 0 Å². The molecule has 0 heterocycles. The van der Waals surface area contributed by atoms with Crippen molar-refractivity contribution < 1.29 is 10.2 Å². The molecule has 0 saturated carbocycles. The SMILES string of the molecule is Oc1ccc(-c2ccc(-c3ccccc3)cc2)c(O)c1. The fraction of sp³-hybridized carbons (Fsp3) is 0. The van der Waals surface area contributed by atoms with Crippen molar-refractivity contribution in [3.8, 4) is 33.8 Å². The molecule has 20 heavy (non-hydrogen) atoms. The first-order chi connectivity index (χ1) is 9.74. The van der Waals surface area contributed by atoms with E-state index in [0.29, 0.717) is 5.56 Å². The Balaban J connectivity index is 1.97. The molecule has 0 bridgehead atoms. The number of aromatic hydroxyl groups is 2. The molecule has 2 N–H and O–H groups in total. The van der Waals surface area contributed by atoms with E-state index in [1.807, 2.05) is 42.5 Å². The second kappa shape index (κ2) is 5.10. The minimum atomic E-state index is 0.0622. The minimum Gasteiger partial charge on any atom is -0.508 e. The van der Waals surface area contributed by atoms with E-state index in [1.54, 1.807) is 12.1 Å². The van der Waals surface area contributed by atoms with Gasteiger partial charge in [-0.2, -0.15) is 0 Å². The van der Waals surface area contributed by atoms with Crippen molar-refractivity contribution in [2.75, 3.05) is 0 Å². The zero-order valence-corrected chi connectivity index (χ0v) is 10.8. The first kappa shape index (κ1) is 12.3. The van der Waals surface area contributed by atoms with Crippen LogP contribution in [-0.4, -0.2) is 10.2 Å². The summed E-state index contributed by atoms with van der Waals surface area (Å²) in [6.07, 6.45) is 0. The van der Waals surface area contributed by atoms with E-state index in [2.05, 4.69) is 12.1 Å². The summed E-state index contributed by atoms with van der Waals surface area (Å²) in [4.78, 5) is 0. The zero-order valence-electron chi connectivity index (χ0n) is 10.8. The molecule has 0 aliphatic heterocycles. The number of rotatable bonds is 2. The molecule has 2 nitrogen and oxygen atoms in total. The summed E-state index contributed by atoms with van der Waals surface area (Å²) in [6.45, 7) is 0. The Bertz CT molecular complexity index is 716. The summed E-state index contributed by atoms with van der Waals surface area (Å²) in [5, 5.41) is 19.2. The van der Waals surface area contributed by atoms with Gasteiger partial charge in [0.25, 0.3) is 0 Å². The van der Waals surface area contributed by atoms with Gasteiger partial charge in [-0.1, -0.05) is 54.6 Å². The van der Waals surface area contributed by atoms with Crippen molar-refractivity contribution in [1.29, 1.82) is 0 Å². The molecule has 0 saturated heterocycles. The highest BCUT2D eigenvalue weighted by molar-refractivity contribution is 5.74. The first-order valence-corrected chi connectivity index (χ1v) is 6.42. The van der Waals surface area contributed by atoms with E-state index in [4.69, 9.17) is 0 Å². The standard InChI is InChI=1S/C18H14O2/c19-16-10-11-17(18(20)12-16)15-8-6-14(7-9-15)13-4-2-1-3-5-13/h1-12,19-20H. The molecule has 0 aliphatic rings. The molecule has 3 aromatic rings. The summed E-state index contributed by atoms with van der Waals surface area (Å²) < 4.78 is 0. The molecular formula is C18H14O2. The highest BCUT2D eigenvalue weighted by Gasteiger charge is 2.05. The lowest BCUT2D eigenvalue weighted by Gasteiger charge is -2.07. The maximum absolute atomic E-state index is 9.87. The average Bonchev–Trinajstić information content (AvgIpc) is 2.48. The van der Waals surface area contributed by atoms with E-state index >= 15 is 0 Å². The maximum Gasteiger partial charge on any atom is 0.127 e. The quantitative estimate of drug-likeness (QED) is 0.717. The van der Waals surface area contributed by atoms with E-state index in [9.17, 15) is 10.2 Å². The Labute approximate surface area is 117 Å². The van der Waals surface area contributed by atoms with Gasteiger partial charge >= 0.3 is 0 Å². The summed E-state index contributed by atoms with van der Waals surface area (Å²) in [5.74, 6) is 0.143. The Morgan fingerprint density at radius 2 is 1.15 bits per heavy atom. The molecule has 0 radical (unpaired) electrons. The fourth-order valence-corrected chi connectivity index (χ4v) is 2.24. The largest absolute Gasteiger partial charge is 0.508 e. The van der Waals surface area contributed by atoms with Gasteiger partial charge in [0.1, 0.15) is 11.5 Å². The molecule has 0 amide bonds. The average molecular weight is 262 g/mol. The smallest absolute Gasteiger partial charge is 0.127 e. The molecule has 0 aromatic heterocycles. The van der Waals surface area contributed by atoms with E-state index in [-0.39, 0.29) is 11.5 Å². The lowest BCUT2D eigenvalue weighted by molar-refractivity contribution is 0.452. The van der Waals surface area contributed by atoms with E-state index in [1.165, 1.54) is 6.07 Å². The molecule has 0 spiro atoms. The molecule has 3 rings (SSSR count). The molecular weight excluding hydrogens is 248 g/mol. The Morgan fingerprint density at radius 1 is 0.550 bits per heavy atom. The van der Waals surface area contributed by atoms with Crippen LogP contribution in [0.25, 0.3) is 22.3 Å². The van der Waals surface area contributed by atoms with Crippen molar-refractivity contribution >= 4 is 0 Å². The zero-order chi connectivity index (χ0) is 13.9. The fourth-order valence-electron chi connectivity index (χ4n) is 2.24. The van der Waals surface area contributed by atoms with Crippen molar-refractivity contribution in [3.05, 3.63) is 72.8 Å². The second-order valence-electron chi connectivity index (χ2n) is 4.64. The highest BCUT2D eigenvalue weighted by atomic mass is 16.3. The van der Waals surface area contributed by atoms with Crippen LogP contribution in [0.2, 0.25) is 0 Å². The predicted molar refractivity (Wildman–Crippen MR) is 80.6 cm³/mol. The van der Waals surface area contributed by atoms with Gasteiger partial charge in [-0.25, -0.2) is 0 Å². The predicted octanol–water partition coefficient (Wildman–Crippen LogP) is 4.43. The third-order valence-corrected chi connectivity index (χ3v) is 3.28. The van der Waals surface area contributed by atoms with E-state index < -0.39 is 0 Å². The van der Waals surface area contributed by atoms with Gasteiger partial charge in [-0.15, -0.1) is 0 Å². The lowest BCUT2D eigenvalue weighted by atomic mass is 10.00. The lowest BCUT2D eigenvalue weighted by Crippen LogP contribution is -1.81. The second-order valence-corrected chi connectivity index (χ2v) is 4.64. The Kier molecular flexibility index (Phi) is 3.13. The number of hydrogen-bond acceptors (Lipinski definition) is 2. The van der Waals surface area contributed by atoms with Crippen LogP contribution in [0.1, 0.15) is 0 Å². The van der Waals surface area contributed by atoms with Gasteiger partial charge in [0, 0.05) is 11.6 Å². The van der Waals surface area contributed by atoms with Crippen LogP contribution in [0.15, 0.2) is 72.8 Å². The Hall–Kier alpha value is -2.74. The van der Waals surface area contributed by atoms with Crippen LogP contribution in [0, 0.1) is 0 Å². The Morgan fingerprint density at radius 3 is 1.80 bits per heavy atom. The van der Waals surface area contributed by atoms with Gasteiger partial charge < -0.3 is 10.2 Å². The maximum atomic E-state index is 9.87. The monoisotopic (exact) mass is 262 g/mol. The van der Waals surface area contributed by atoms with Gasteiger partial charge in [0.05, 0.1) is 0 Å². The van der Waals surface area contributed by atoms with Crippen LogP contribution in [0.3, 0.4) is 0 Å². The third kappa shape index (κ3) is 2.36. The molecule has 0 aliphatic carbocycles. The summed E-state index contributed by atoms with van der Waals surface area (Å²) in [7, 11) is 0. The van der Waals surface area contributed by atoms with Crippen LogP contribution >= 0.6 is 0 Å². The number of phenolic OH excluding ortho intramolecular Hbond substituents is 2.